The summed E-state index contributed by atoms with van der Waals surface area (Å²) in [7, 11) is 0. The first-order chi connectivity index (χ1) is 13.4. The molecule has 3 aromatic rings. The van der Waals surface area contributed by atoms with Crippen molar-refractivity contribution in [1.82, 2.24) is 15.5 Å². The largest absolute Gasteiger partial charge is 0.369 e. The van der Waals surface area contributed by atoms with Crippen molar-refractivity contribution in [2.45, 2.75) is 6.42 Å². The minimum atomic E-state index is -0.608. The predicted octanol–water partition coefficient (Wildman–Crippen LogP) is 3.05. The van der Waals surface area contributed by atoms with Gasteiger partial charge in [0.1, 0.15) is 11.5 Å². The van der Waals surface area contributed by atoms with Crippen LogP contribution >= 0.6 is 15.9 Å². The van der Waals surface area contributed by atoms with Crippen molar-refractivity contribution in [3.63, 3.8) is 0 Å². The number of amides is 2. The molecule has 28 heavy (non-hydrogen) atoms. The molecule has 6 nitrogen and oxygen atoms in total. The lowest BCUT2D eigenvalue weighted by Gasteiger charge is -2.14. The van der Waals surface area contributed by atoms with E-state index in [-0.39, 0.29) is 24.0 Å². The van der Waals surface area contributed by atoms with E-state index in [1.807, 2.05) is 24.3 Å². The van der Waals surface area contributed by atoms with Crippen LogP contribution in [-0.4, -0.2) is 28.6 Å². The lowest BCUT2D eigenvalue weighted by atomic mass is 9.98. The topological polar surface area (TPSA) is 101 Å². The zero-order chi connectivity index (χ0) is 20.1. The minimum absolute atomic E-state index is 0.0676. The molecule has 1 atom stereocenters. The Morgan fingerprint density at radius 1 is 1.14 bits per heavy atom. The van der Waals surface area contributed by atoms with Crippen LogP contribution in [0.5, 0.6) is 0 Å². The van der Waals surface area contributed by atoms with Crippen LogP contribution in [0.3, 0.4) is 0 Å². The van der Waals surface area contributed by atoms with E-state index in [1.165, 1.54) is 12.1 Å². The zero-order valence-corrected chi connectivity index (χ0v) is 16.4. The van der Waals surface area contributed by atoms with Crippen LogP contribution in [0.1, 0.15) is 16.1 Å². The monoisotopic (exact) mass is 444 g/mol. The Hall–Kier alpha value is -3.00. The molecule has 2 amide bonds. The van der Waals surface area contributed by atoms with E-state index in [9.17, 15) is 14.0 Å². The Bertz CT molecular complexity index is 971. The SMILES string of the molecule is NC(=O)C(CNC(=O)c1cc(-c2ccc(Br)cc2)n[nH]1)Cc1ccc(F)cc1. The second kappa shape index (κ2) is 8.79. The molecule has 1 unspecified atom stereocenters. The van der Waals surface area contributed by atoms with E-state index >= 15 is 0 Å². The van der Waals surface area contributed by atoms with E-state index in [2.05, 4.69) is 31.4 Å². The van der Waals surface area contributed by atoms with Crippen LogP contribution in [0.15, 0.2) is 59.1 Å². The van der Waals surface area contributed by atoms with Crippen LogP contribution in [0, 0.1) is 11.7 Å². The van der Waals surface area contributed by atoms with Crippen molar-refractivity contribution in [2.75, 3.05) is 6.54 Å². The van der Waals surface area contributed by atoms with Crippen molar-refractivity contribution >= 4 is 27.7 Å². The third-order valence-electron chi connectivity index (χ3n) is 4.27. The summed E-state index contributed by atoms with van der Waals surface area (Å²) in [6.07, 6.45) is 0.309. The fourth-order valence-corrected chi connectivity index (χ4v) is 2.96. The first kappa shape index (κ1) is 19.8. The fraction of sp³-hybridized carbons (Fsp3) is 0.150. The first-order valence-electron chi connectivity index (χ1n) is 8.55. The molecule has 0 spiro atoms. The van der Waals surface area contributed by atoms with Gasteiger partial charge in [0, 0.05) is 16.6 Å². The number of carbonyl (C=O) groups is 2. The number of H-pyrrole nitrogens is 1. The number of benzene rings is 2. The number of primary amides is 1. The summed E-state index contributed by atoms with van der Waals surface area (Å²) in [5, 5.41) is 9.54. The second-order valence-corrected chi connectivity index (χ2v) is 7.23. The van der Waals surface area contributed by atoms with Crippen LogP contribution < -0.4 is 11.1 Å². The lowest BCUT2D eigenvalue weighted by Crippen LogP contribution is -2.37. The maximum atomic E-state index is 13.0. The highest BCUT2D eigenvalue weighted by Crippen LogP contribution is 2.20. The maximum absolute atomic E-state index is 13.0. The molecule has 1 heterocycles. The number of aromatic amines is 1. The number of nitrogens with two attached hydrogens (primary N) is 1. The summed E-state index contributed by atoms with van der Waals surface area (Å²) in [5.41, 5.74) is 7.99. The Kier molecular flexibility index (Phi) is 6.20. The van der Waals surface area contributed by atoms with Crippen LogP contribution in [0.25, 0.3) is 11.3 Å². The second-order valence-electron chi connectivity index (χ2n) is 6.31. The van der Waals surface area contributed by atoms with E-state index in [4.69, 9.17) is 5.73 Å². The van der Waals surface area contributed by atoms with E-state index in [0.717, 1.165) is 15.6 Å². The molecule has 144 valence electrons. The Morgan fingerprint density at radius 3 is 2.46 bits per heavy atom. The third-order valence-corrected chi connectivity index (χ3v) is 4.80. The summed E-state index contributed by atoms with van der Waals surface area (Å²) in [6.45, 7) is 0.0676. The van der Waals surface area contributed by atoms with Crippen molar-refractivity contribution in [3.05, 3.63) is 76.1 Å². The van der Waals surface area contributed by atoms with Crippen molar-refractivity contribution in [3.8, 4) is 11.3 Å². The molecule has 0 fully saturated rings. The Labute approximate surface area is 169 Å². The van der Waals surface area contributed by atoms with Gasteiger partial charge in [-0.1, -0.05) is 40.2 Å². The van der Waals surface area contributed by atoms with Gasteiger partial charge in [-0.3, -0.25) is 14.7 Å². The van der Waals surface area contributed by atoms with Crippen molar-refractivity contribution in [1.29, 1.82) is 0 Å². The van der Waals surface area contributed by atoms with E-state index < -0.39 is 11.8 Å². The molecular formula is C20H18BrFN4O2. The molecule has 8 heteroatoms. The van der Waals surface area contributed by atoms with Crippen LogP contribution in [0.4, 0.5) is 4.39 Å². The predicted molar refractivity (Wildman–Crippen MR) is 107 cm³/mol. The molecule has 0 saturated heterocycles. The van der Waals surface area contributed by atoms with E-state index in [0.29, 0.717) is 12.1 Å². The molecule has 3 rings (SSSR count). The number of nitrogens with zero attached hydrogens (tertiary/aromatic N) is 1. The fourth-order valence-electron chi connectivity index (χ4n) is 2.70. The van der Waals surface area contributed by atoms with Crippen molar-refractivity contribution in [2.24, 2.45) is 11.7 Å². The number of carbonyl (C=O) groups excluding carboxylic acids is 2. The van der Waals surface area contributed by atoms with Gasteiger partial charge in [-0.2, -0.15) is 5.10 Å². The van der Waals surface area contributed by atoms with Crippen LogP contribution in [0.2, 0.25) is 0 Å². The van der Waals surface area contributed by atoms with E-state index in [1.54, 1.807) is 18.2 Å². The van der Waals surface area contributed by atoms with Gasteiger partial charge in [0.15, 0.2) is 0 Å². The quantitative estimate of drug-likeness (QED) is 0.521. The van der Waals surface area contributed by atoms with Gasteiger partial charge in [-0.25, -0.2) is 4.39 Å². The number of rotatable bonds is 7. The van der Waals surface area contributed by atoms with Crippen LogP contribution in [-0.2, 0) is 11.2 Å². The third kappa shape index (κ3) is 5.04. The Balaban J connectivity index is 1.62. The maximum Gasteiger partial charge on any atom is 0.269 e. The molecule has 0 aliphatic heterocycles. The number of nitrogens with one attached hydrogen (secondary N) is 2. The molecule has 0 saturated carbocycles. The van der Waals surface area contributed by atoms with Gasteiger partial charge in [0.05, 0.1) is 11.6 Å². The number of aromatic nitrogens is 2. The van der Waals surface area contributed by atoms with Gasteiger partial charge in [0.2, 0.25) is 5.91 Å². The molecule has 0 radical (unpaired) electrons. The summed E-state index contributed by atoms with van der Waals surface area (Å²) in [5.74, 6) is -1.89. The van der Waals surface area contributed by atoms with Gasteiger partial charge < -0.3 is 11.1 Å². The van der Waals surface area contributed by atoms with Gasteiger partial charge in [-0.05, 0) is 42.3 Å². The number of hydrogen-bond donors (Lipinski definition) is 3. The molecule has 0 aliphatic rings. The average molecular weight is 445 g/mol. The Morgan fingerprint density at radius 2 is 1.82 bits per heavy atom. The molecule has 1 aromatic heterocycles. The first-order valence-corrected chi connectivity index (χ1v) is 9.35. The smallest absolute Gasteiger partial charge is 0.269 e. The molecule has 0 aliphatic carbocycles. The molecule has 0 bridgehead atoms. The highest BCUT2D eigenvalue weighted by atomic mass is 79.9. The van der Waals surface area contributed by atoms with Gasteiger partial charge in [0.25, 0.3) is 5.91 Å². The summed E-state index contributed by atoms with van der Waals surface area (Å²) in [6, 6.07) is 15.0. The number of halogens is 2. The zero-order valence-electron chi connectivity index (χ0n) is 14.8. The standard InChI is InChI=1S/C20H18BrFN4O2/c21-15-5-3-13(4-6-15)17-10-18(26-25-17)20(28)24-11-14(19(23)27)9-12-1-7-16(22)8-2-12/h1-8,10,14H,9,11H2,(H2,23,27)(H,24,28)(H,25,26). The van der Waals surface area contributed by atoms with Crippen molar-refractivity contribution < 1.29 is 14.0 Å². The molecule has 2 aromatic carbocycles. The molecule has 4 N–H and O–H groups in total. The highest BCUT2D eigenvalue weighted by molar-refractivity contribution is 9.10. The summed E-state index contributed by atoms with van der Waals surface area (Å²) >= 11 is 3.37. The number of hydrogen-bond acceptors (Lipinski definition) is 3. The highest BCUT2D eigenvalue weighted by Gasteiger charge is 2.19. The molecular weight excluding hydrogens is 427 g/mol. The average Bonchev–Trinajstić information content (AvgIpc) is 3.17. The summed E-state index contributed by atoms with van der Waals surface area (Å²) in [4.78, 5) is 24.1. The van der Waals surface area contributed by atoms with Gasteiger partial charge >= 0.3 is 0 Å². The summed E-state index contributed by atoms with van der Waals surface area (Å²) < 4.78 is 14.0. The van der Waals surface area contributed by atoms with Gasteiger partial charge in [-0.15, -0.1) is 0 Å². The minimum Gasteiger partial charge on any atom is -0.369 e. The normalized spacial score (nSPS) is 11.8. The lowest BCUT2D eigenvalue weighted by molar-refractivity contribution is -0.121.